The molecule has 4 aliphatic carbocycles. The maximum absolute atomic E-state index is 11.2. The summed E-state index contributed by atoms with van der Waals surface area (Å²) in [6.45, 7) is 19.7. The predicted molar refractivity (Wildman–Crippen MR) is 147 cm³/mol. The molecule has 2 nitrogen and oxygen atoms in total. The summed E-state index contributed by atoms with van der Waals surface area (Å²) < 4.78 is 0. The van der Waals surface area contributed by atoms with Crippen molar-refractivity contribution in [1.82, 2.24) is 0 Å². The van der Waals surface area contributed by atoms with Gasteiger partial charge < -0.3 is 5.11 Å². The summed E-state index contributed by atoms with van der Waals surface area (Å²) in [6.07, 6.45) is 18.6. The highest BCUT2D eigenvalue weighted by Crippen LogP contribution is 2.73. The Kier molecular flexibility index (Phi) is 7.04. The molecule has 2 saturated carbocycles. The molecular formula is C33H52O2. The lowest BCUT2D eigenvalue weighted by Gasteiger charge is -2.62. The standard InChI is InChI=1S/C33H52O2/c1-22(2)10-9-11-23(3)25-17-20-33(8)27-13-14-28-30(4,5)24(12-15-29(34)35)16-19-31(28,6)26(27)18-21-32(25,33)7/h10,12,15,23-25,28H,9,11,13-14,16-21H2,1-8H3,(H,34,35)/t23-,24?,25-,28?,31-,32+,33+/m1/s1. The average molecular weight is 481 g/mol. The minimum atomic E-state index is -0.812. The number of carboxylic acid groups (broad SMARTS) is 1. The zero-order valence-electron chi connectivity index (χ0n) is 24.0. The Labute approximate surface area is 215 Å². The minimum absolute atomic E-state index is 0.136. The topological polar surface area (TPSA) is 37.3 Å². The van der Waals surface area contributed by atoms with Crippen molar-refractivity contribution >= 4 is 5.97 Å². The van der Waals surface area contributed by atoms with Gasteiger partial charge in [0.05, 0.1) is 0 Å². The summed E-state index contributed by atoms with van der Waals surface area (Å²) in [6, 6.07) is 0. The van der Waals surface area contributed by atoms with E-state index in [1.807, 2.05) is 17.2 Å². The Balaban J connectivity index is 1.63. The van der Waals surface area contributed by atoms with Gasteiger partial charge in [0.15, 0.2) is 0 Å². The lowest BCUT2D eigenvalue weighted by atomic mass is 9.42. The normalized spacial score (nSPS) is 41.2. The molecule has 0 aromatic rings. The van der Waals surface area contributed by atoms with Gasteiger partial charge in [0.2, 0.25) is 0 Å². The molecule has 0 aromatic heterocycles. The van der Waals surface area contributed by atoms with Crippen molar-refractivity contribution in [1.29, 1.82) is 0 Å². The van der Waals surface area contributed by atoms with Gasteiger partial charge in [-0.25, -0.2) is 4.79 Å². The Hall–Kier alpha value is -1.31. The van der Waals surface area contributed by atoms with E-state index in [1.54, 1.807) is 0 Å². The molecule has 0 radical (unpaired) electrons. The van der Waals surface area contributed by atoms with E-state index in [0.717, 1.165) is 18.3 Å². The third kappa shape index (κ3) is 4.19. The van der Waals surface area contributed by atoms with Crippen LogP contribution in [0.15, 0.2) is 34.9 Å². The first kappa shape index (κ1) is 26.7. The van der Waals surface area contributed by atoms with Crippen LogP contribution in [-0.4, -0.2) is 11.1 Å². The molecule has 2 unspecified atom stereocenters. The van der Waals surface area contributed by atoms with E-state index in [2.05, 4.69) is 61.5 Å². The molecule has 1 N–H and O–H groups in total. The molecule has 35 heavy (non-hydrogen) atoms. The van der Waals surface area contributed by atoms with Crippen molar-refractivity contribution < 1.29 is 9.90 Å². The van der Waals surface area contributed by atoms with Crippen LogP contribution in [0.4, 0.5) is 0 Å². The van der Waals surface area contributed by atoms with Crippen LogP contribution in [0.3, 0.4) is 0 Å². The smallest absolute Gasteiger partial charge is 0.327 e. The van der Waals surface area contributed by atoms with Gasteiger partial charge in [0, 0.05) is 6.08 Å². The number of hydrogen-bond donors (Lipinski definition) is 1. The molecule has 0 spiro atoms. The fourth-order valence-electron chi connectivity index (χ4n) is 10.1. The van der Waals surface area contributed by atoms with Crippen LogP contribution in [0.1, 0.15) is 120 Å². The highest BCUT2D eigenvalue weighted by molar-refractivity contribution is 5.79. The Morgan fingerprint density at radius 2 is 1.71 bits per heavy atom. The van der Waals surface area contributed by atoms with E-state index in [-0.39, 0.29) is 10.8 Å². The van der Waals surface area contributed by atoms with E-state index in [1.165, 1.54) is 69.4 Å². The van der Waals surface area contributed by atoms with Gasteiger partial charge in [-0.2, -0.15) is 0 Å². The van der Waals surface area contributed by atoms with Crippen molar-refractivity contribution in [3.05, 3.63) is 34.9 Å². The van der Waals surface area contributed by atoms with Crippen molar-refractivity contribution in [3.63, 3.8) is 0 Å². The number of aliphatic carboxylic acids is 1. The first-order valence-corrected chi connectivity index (χ1v) is 14.5. The first-order valence-electron chi connectivity index (χ1n) is 14.5. The van der Waals surface area contributed by atoms with Crippen molar-refractivity contribution in [2.24, 2.45) is 45.3 Å². The van der Waals surface area contributed by atoms with Crippen molar-refractivity contribution in [2.45, 2.75) is 120 Å². The summed E-state index contributed by atoms with van der Waals surface area (Å²) in [5, 5.41) is 9.23. The van der Waals surface area contributed by atoms with Gasteiger partial charge in [-0.3, -0.25) is 0 Å². The van der Waals surface area contributed by atoms with Crippen LogP contribution in [0.25, 0.3) is 0 Å². The van der Waals surface area contributed by atoms with E-state index in [4.69, 9.17) is 0 Å². The third-order valence-corrected chi connectivity index (χ3v) is 12.3. The zero-order valence-corrected chi connectivity index (χ0v) is 24.0. The summed E-state index contributed by atoms with van der Waals surface area (Å²) in [4.78, 5) is 11.2. The number of carbonyl (C=O) groups is 1. The summed E-state index contributed by atoms with van der Waals surface area (Å²) >= 11 is 0. The molecule has 4 aliphatic rings. The highest BCUT2D eigenvalue weighted by atomic mass is 16.4. The molecule has 2 heteroatoms. The first-order chi connectivity index (χ1) is 16.3. The van der Waals surface area contributed by atoms with E-state index in [9.17, 15) is 9.90 Å². The summed E-state index contributed by atoms with van der Waals surface area (Å²) in [5.41, 5.74) is 6.34. The van der Waals surface area contributed by atoms with Crippen LogP contribution < -0.4 is 0 Å². The van der Waals surface area contributed by atoms with Gasteiger partial charge >= 0.3 is 5.97 Å². The molecule has 0 aromatic carbocycles. The van der Waals surface area contributed by atoms with Gasteiger partial charge in [0.25, 0.3) is 0 Å². The number of allylic oxidation sites excluding steroid dienone is 5. The largest absolute Gasteiger partial charge is 0.478 e. The molecule has 0 aliphatic heterocycles. The van der Waals surface area contributed by atoms with Gasteiger partial charge in [-0.05, 0) is 123 Å². The molecule has 4 rings (SSSR count). The van der Waals surface area contributed by atoms with Crippen molar-refractivity contribution in [2.75, 3.05) is 0 Å². The molecule has 7 atom stereocenters. The minimum Gasteiger partial charge on any atom is -0.478 e. The second kappa shape index (κ2) is 9.21. The van der Waals surface area contributed by atoms with Crippen LogP contribution in [0.5, 0.6) is 0 Å². The molecule has 0 saturated heterocycles. The molecule has 0 heterocycles. The zero-order chi connectivity index (χ0) is 25.8. The lowest BCUT2D eigenvalue weighted by molar-refractivity contribution is -0.131. The summed E-state index contributed by atoms with van der Waals surface area (Å²) in [7, 11) is 0. The Morgan fingerprint density at radius 3 is 2.37 bits per heavy atom. The fourth-order valence-corrected chi connectivity index (χ4v) is 10.1. The monoisotopic (exact) mass is 480 g/mol. The number of hydrogen-bond acceptors (Lipinski definition) is 1. The average Bonchev–Trinajstić information content (AvgIpc) is 3.04. The highest BCUT2D eigenvalue weighted by Gasteiger charge is 2.63. The second-order valence-electron chi connectivity index (χ2n) is 14.4. The van der Waals surface area contributed by atoms with Gasteiger partial charge in [-0.15, -0.1) is 0 Å². The summed E-state index contributed by atoms with van der Waals surface area (Å²) in [5.74, 6) is 1.82. The maximum Gasteiger partial charge on any atom is 0.327 e. The number of fused-ring (bicyclic) bond motifs is 4. The van der Waals surface area contributed by atoms with Crippen LogP contribution >= 0.6 is 0 Å². The van der Waals surface area contributed by atoms with Crippen LogP contribution in [0, 0.1) is 45.3 Å². The fraction of sp³-hybridized carbons (Fsp3) is 0.788. The van der Waals surface area contributed by atoms with Crippen molar-refractivity contribution in [3.8, 4) is 0 Å². The van der Waals surface area contributed by atoms with Gasteiger partial charge in [0.1, 0.15) is 0 Å². The quantitative estimate of drug-likeness (QED) is 0.304. The second-order valence-corrected chi connectivity index (χ2v) is 14.4. The maximum atomic E-state index is 11.2. The Morgan fingerprint density at radius 1 is 1.00 bits per heavy atom. The SMILES string of the molecule is CC(C)=CCC[C@@H](C)[C@H]1CC[C@@]2(C)C3=C(CC[C@@]12C)[C@@]1(C)CCC(C=CC(=O)O)C(C)(C)C1CC3. The van der Waals surface area contributed by atoms with Crippen LogP contribution in [0.2, 0.25) is 0 Å². The molecular weight excluding hydrogens is 428 g/mol. The predicted octanol–water partition coefficient (Wildman–Crippen LogP) is 9.38. The Bertz CT molecular complexity index is 931. The van der Waals surface area contributed by atoms with Crippen LogP contribution in [-0.2, 0) is 4.79 Å². The molecule has 0 bridgehead atoms. The molecule has 2 fully saturated rings. The third-order valence-electron chi connectivity index (χ3n) is 12.3. The number of carboxylic acids is 1. The van der Waals surface area contributed by atoms with E-state index in [0.29, 0.717) is 22.7 Å². The number of rotatable bonds is 6. The lowest BCUT2D eigenvalue weighted by Crippen LogP contribution is -2.53. The van der Waals surface area contributed by atoms with E-state index >= 15 is 0 Å². The molecule has 0 amide bonds. The van der Waals surface area contributed by atoms with Gasteiger partial charge in [-0.1, -0.05) is 70.4 Å². The van der Waals surface area contributed by atoms with E-state index < -0.39 is 5.97 Å². The molecule has 196 valence electrons.